The SMILES string of the molecule is O=C1[C@@H]2[C@H](c3ccc(Cl)cc3Cl)OC3(C(=O)c4ccccc4C3=O)[C@H]2C(=O)N1c1cccc(C(F)(F)F)c1. The van der Waals surface area contributed by atoms with Crippen molar-refractivity contribution in [2.45, 2.75) is 17.9 Å². The van der Waals surface area contributed by atoms with E-state index in [1.807, 2.05) is 0 Å². The average molecular weight is 560 g/mol. The van der Waals surface area contributed by atoms with Gasteiger partial charge >= 0.3 is 6.18 Å². The summed E-state index contributed by atoms with van der Waals surface area (Å²) in [7, 11) is 0. The lowest BCUT2D eigenvalue weighted by atomic mass is 9.77. The Labute approximate surface area is 222 Å². The van der Waals surface area contributed by atoms with E-state index in [0.717, 1.165) is 12.1 Å². The standard InChI is InChI=1S/C27H14Cl2F3NO5/c28-13-8-9-17(18(29)11-13)21-19-20(26(38-21)22(34)15-6-1-2-7-16(15)23(26)35)25(37)33(24(19)36)14-5-3-4-12(10-14)27(30,31)32/h1-11,19-21H/t19-,20+,21-/m0/s1. The zero-order valence-electron chi connectivity index (χ0n) is 19.0. The average Bonchev–Trinajstić information content (AvgIpc) is 3.43. The molecule has 0 unspecified atom stereocenters. The number of carbonyl (C=O) groups is 4. The Kier molecular flexibility index (Phi) is 5.37. The summed E-state index contributed by atoms with van der Waals surface area (Å²) in [6, 6.07) is 13.9. The van der Waals surface area contributed by atoms with E-state index in [0.29, 0.717) is 11.0 Å². The molecule has 3 aromatic rings. The number of amides is 2. The van der Waals surface area contributed by atoms with E-state index >= 15 is 0 Å². The highest BCUT2D eigenvalue weighted by molar-refractivity contribution is 6.37. The molecule has 38 heavy (non-hydrogen) atoms. The normalized spacial score (nSPS) is 23.9. The monoisotopic (exact) mass is 559 g/mol. The van der Waals surface area contributed by atoms with Crippen LogP contribution in [0, 0.1) is 11.8 Å². The molecule has 2 aliphatic heterocycles. The molecule has 2 fully saturated rings. The molecule has 6 rings (SSSR count). The highest BCUT2D eigenvalue weighted by Gasteiger charge is 2.75. The van der Waals surface area contributed by atoms with Crippen molar-refractivity contribution in [1.82, 2.24) is 0 Å². The van der Waals surface area contributed by atoms with Gasteiger partial charge in [0.25, 0.3) is 0 Å². The molecule has 3 aliphatic rings. The van der Waals surface area contributed by atoms with E-state index in [2.05, 4.69) is 0 Å². The number of halogens is 5. The predicted octanol–water partition coefficient (Wildman–Crippen LogP) is 5.71. The molecule has 0 radical (unpaired) electrons. The fourth-order valence-electron chi connectivity index (χ4n) is 5.61. The fraction of sp³-hybridized carbons (Fsp3) is 0.185. The van der Waals surface area contributed by atoms with Crippen LogP contribution in [0.3, 0.4) is 0 Å². The Morgan fingerprint density at radius 1 is 0.816 bits per heavy atom. The number of ether oxygens (including phenoxy) is 1. The fourth-order valence-corrected chi connectivity index (χ4v) is 6.12. The van der Waals surface area contributed by atoms with Gasteiger partial charge in [0.2, 0.25) is 29.0 Å². The van der Waals surface area contributed by atoms with Crippen LogP contribution in [0.2, 0.25) is 10.0 Å². The third-order valence-corrected chi connectivity index (χ3v) is 7.78. The first-order chi connectivity index (χ1) is 18.0. The lowest BCUT2D eigenvalue weighted by Crippen LogP contribution is -2.51. The second kappa shape index (κ2) is 8.23. The quantitative estimate of drug-likeness (QED) is 0.297. The second-order valence-electron chi connectivity index (χ2n) is 9.21. The van der Waals surface area contributed by atoms with Gasteiger partial charge in [-0.2, -0.15) is 13.2 Å². The van der Waals surface area contributed by atoms with Crippen molar-refractivity contribution in [3.63, 3.8) is 0 Å². The first kappa shape index (κ1) is 24.8. The summed E-state index contributed by atoms with van der Waals surface area (Å²) in [6.07, 6.45) is -6.07. The van der Waals surface area contributed by atoms with E-state index in [9.17, 15) is 32.3 Å². The van der Waals surface area contributed by atoms with Crippen LogP contribution in [0.25, 0.3) is 0 Å². The smallest absolute Gasteiger partial charge is 0.349 e. The molecule has 0 saturated carbocycles. The number of anilines is 1. The number of benzene rings is 3. The maximum Gasteiger partial charge on any atom is 0.416 e. The van der Waals surface area contributed by atoms with E-state index in [4.69, 9.17) is 27.9 Å². The maximum atomic E-state index is 13.9. The first-order valence-electron chi connectivity index (χ1n) is 11.3. The van der Waals surface area contributed by atoms with Crippen LogP contribution in [-0.2, 0) is 20.5 Å². The summed E-state index contributed by atoms with van der Waals surface area (Å²) in [6.45, 7) is 0. The summed E-state index contributed by atoms with van der Waals surface area (Å²) >= 11 is 12.4. The van der Waals surface area contributed by atoms with E-state index in [1.54, 1.807) is 12.1 Å². The van der Waals surface area contributed by atoms with Gasteiger partial charge in [0, 0.05) is 26.7 Å². The van der Waals surface area contributed by atoms with Gasteiger partial charge in [0.1, 0.15) is 0 Å². The van der Waals surface area contributed by atoms with Gasteiger partial charge in [-0.25, -0.2) is 4.90 Å². The molecule has 0 bridgehead atoms. The molecule has 6 nitrogen and oxygen atoms in total. The van der Waals surface area contributed by atoms with Crippen LogP contribution in [0.1, 0.15) is 37.9 Å². The van der Waals surface area contributed by atoms with Crippen LogP contribution < -0.4 is 4.90 Å². The van der Waals surface area contributed by atoms with Gasteiger partial charge in [-0.05, 0) is 30.3 Å². The zero-order valence-corrected chi connectivity index (χ0v) is 20.5. The Morgan fingerprint density at radius 3 is 2.08 bits per heavy atom. The van der Waals surface area contributed by atoms with Crippen LogP contribution in [0.15, 0.2) is 66.7 Å². The maximum absolute atomic E-state index is 13.9. The molecule has 2 heterocycles. The molecule has 0 N–H and O–H groups in total. The molecule has 192 valence electrons. The molecule has 2 amide bonds. The van der Waals surface area contributed by atoms with Crippen LogP contribution in [0.4, 0.5) is 18.9 Å². The number of ketones is 2. The van der Waals surface area contributed by atoms with E-state index in [-0.39, 0.29) is 32.4 Å². The Balaban J connectivity index is 1.54. The van der Waals surface area contributed by atoms with Crippen LogP contribution in [0.5, 0.6) is 0 Å². The lowest BCUT2D eigenvalue weighted by molar-refractivity contribution is -0.137. The number of carbonyl (C=O) groups excluding carboxylic acids is 4. The number of nitrogens with zero attached hydrogens (tertiary/aromatic N) is 1. The summed E-state index contributed by atoms with van der Waals surface area (Å²) in [5, 5.41) is 0.328. The molecule has 3 atom stereocenters. The summed E-state index contributed by atoms with van der Waals surface area (Å²) in [5.74, 6) is -6.57. The van der Waals surface area contributed by atoms with Crippen molar-refractivity contribution < 1.29 is 37.1 Å². The van der Waals surface area contributed by atoms with Gasteiger partial charge < -0.3 is 4.74 Å². The molecular weight excluding hydrogens is 546 g/mol. The van der Waals surface area contributed by atoms with Crippen molar-refractivity contribution in [2.24, 2.45) is 11.8 Å². The molecular formula is C27H14Cl2F3NO5. The number of rotatable bonds is 2. The number of fused-ring (bicyclic) bond motifs is 3. The zero-order chi connectivity index (χ0) is 27.1. The minimum Gasteiger partial charge on any atom is -0.349 e. The molecule has 2 saturated heterocycles. The van der Waals surface area contributed by atoms with Crippen molar-refractivity contribution in [3.05, 3.63) is 99.0 Å². The number of alkyl halides is 3. The molecule has 1 aliphatic carbocycles. The largest absolute Gasteiger partial charge is 0.416 e. The summed E-state index contributed by atoms with van der Waals surface area (Å²) in [5.41, 5.74) is -3.54. The van der Waals surface area contributed by atoms with Crippen LogP contribution in [-0.4, -0.2) is 29.0 Å². The number of Topliss-reactive ketones (excluding diaryl/α,β-unsaturated/α-hetero) is 2. The number of hydrogen-bond acceptors (Lipinski definition) is 5. The Bertz CT molecular complexity index is 1550. The lowest BCUT2D eigenvalue weighted by Gasteiger charge is -2.27. The van der Waals surface area contributed by atoms with E-state index < -0.39 is 58.7 Å². The second-order valence-corrected chi connectivity index (χ2v) is 10.1. The van der Waals surface area contributed by atoms with Crippen molar-refractivity contribution >= 4 is 52.3 Å². The van der Waals surface area contributed by atoms with Gasteiger partial charge in [-0.1, -0.05) is 59.6 Å². The predicted molar refractivity (Wildman–Crippen MR) is 129 cm³/mol. The minimum atomic E-state index is -4.74. The molecule has 1 spiro atoms. The summed E-state index contributed by atoms with van der Waals surface area (Å²) in [4.78, 5) is 55.7. The van der Waals surface area contributed by atoms with Crippen molar-refractivity contribution in [1.29, 1.82) is 0 Å². The van der Waals surface area contributed by atoms with Gasteiger partial charge in [-0.3, -0.25) is 19.2 Å². The minimum absolute atomic E-state index is 0.0249. The first-order valence-corrected chi connectivity index (χ1v) is 12.1. The third kappa shape index (κ3) is 3.25. The molecule has 0 aromatic heterocycles. The van der Waals surface area contributed by atoms with Gasteiger partial charge in [-0.15, -0.1) is 0 Å². The molecule has 3 aromatic carbocycles. The van der Waals surface area contributed by atoms with E-state index in [1.165, 1.54) is 36.4 Å². The van der Waals surface area contributed by atoms with Crippen molar-refractivity contribution in [2.75, 3.05) is 4.90 Å². The third-order valence-electron chi connectivity index (χ3n) is 7.22. The summed E-state index contributed by atoms with van der Waals surface area (Å²) < 4.78 is 46.4. The number of imide groups is 1. The number of hydrogen-bond donors (Lipinski definition) is 0. The Hall–Kier alpha value is -3.53. The topological polar surface area (TPSA) is 80.8 Å². The highest BCUT2D eigenvalue weighted by Crippen LogP contribution is 2.58. The van der Waals surface area contributed by atoms with Gasteiger partial charge in [0.15, 0.2) is 0 Å². The molecule has 11 heteroatoms. The van der Waals surface area contributed by atoms with Crippen LogP contribution >= 0.6 is 23.2 Å². The van der Waals surface area contributed by atoms with Crippen molar-refractivity contribution in [3.8, 4) is 0 Å². The Morgan fingerprint density at radius 2 is 1.47 bits per heavy atom. The highest BCUT2D eigenvalue weighted by atomic mass is 35.5. The van der Waals surface area contributed by atoms with Gasteiger partial charge in [0.05, 0.1) is 29.2 Å².